The molecule has 2 N–H and O–H groups in total. The second-order valence-electron chi connectivity index (χ2n) is 4.20. The van der Waals surface area contributed by atoms with Crippen LogP contribution in [0, 0.1) is 0 Å². The molecule has 5 heteroatoms. The maximum absolute atomic E-state index is 5.89. The molecular formula is C14H26N2O3. The van der Waals surface area contributed by atoms with Gasteiger partial charge in [-0.2, -0.15) is 0 Å². The van der Waals surface area contributed by atoms with Crippen molar-refractivity contribution in [3.8, 4) is 0 Å². The van der Waals surface area contributed by atoms with Gasteiger partial charge in [0.25, 0.3) is 0 Å². The van der Waals surface area contributed by atoms with E-state index in [9.17, 15) is 0 Å². The minimum atomic E-state index is 0.0795. The summed E-state index contributed by atoms with van der Waals surface area (Å²) in [4.78, 5) is 2.25. The summed E-state index contributed by atoms with van der Waals surface area (Å²) in [7, 11) is 0. The van der Waals surface area contributed by atoms with E-state index in [0.29, 0.717) is 19.8 Å². The quantitative estimate of drug-likeness (QED) is 0.620. The Kier molecular flexibility index (Phi) is 8.49. The van der Waals surface area contributed by atoms with Crippen molar-refractivity contribution in [3.05, 3.63) is 24.2 Å². The standard InChI is InChI=1S/C14H26N2O3/c1-3-17-10-7-16(8-11-18-4-2)13(12-15)14-6-5-9-19-14/h5-6,9,13H,3-4,7-8,10-12,15H2,1-2H3. The van der Waals surface area contributed by atoms with Crippen LogP contribution in [0.25, 0.3) is 0 Å². The van der Waals surface area contributed by atoms with Gasteiger partial charge in [-0.25, -0.2) is 0 Å². The van der Waals surface area contributed by atoms with Crippen LogP contribution in [-0.2, 0) is 9.47 Å². The largest absolute Gasteiger partial charge is 0.468 e. The second kappa shape index (κ2) is 9.97. The fourth-order valence-electron chi connectivity index (χ4n) is 2.00. The molecular weight excluding hydrogens is 244 g/mol. The number of hydrogen-bond acceptors (Lipinski definition) is 5. The lowest BCUT2D eigenvalue weighted by Crippen LogP contribution is -2.38. The molecule has 0 saturated heterocycles. The Labute approximate surface area is 115 Å². The van der Waals surface area contributed by atoms with Gasteiger partial charge < -0.3 is 19.6 Å². The number of nitrogens with zero attached hydrogens (tertiary/aromatic N) is 1. The SMILES string of the molecule is CCOCCN(CCOCC)C(CN)c1ccco1. The first-order valence-electron chi connectivity index (χ1n) is 6.96. The van der Waals surface area contributed by atoms with Crippen LogP contribution in [-0.4, -0.2) is 51.0 Å². The van der Waals surface area contributed by atoms with Gasteiger partial charge in [0.2, 0.25) is 0 Å². The fourth-order valence-corrected chi connectivity index (χ4v) is 2.00. The summed E-state index contributed by atoms with van der Waals surface area (Å²) >= 11 is 0. The minimum absolute atomic E-state index is 0.0795. The van der Waals surface area contributed by atoms with Crippen LogP contribution in [0.2, 0.25) is 0 Å². The van der Waals surface area contributed by atoms with Gasteiger partial charge in [-0.1, -0.05) is 0 Å². The van der Waals surface area contributed by atoms with Gasteiger partial charge in [0.05, 0.1) is 25.5 Å². The number of hydrogen-bond donors (Lipinski definition) is 1. The molecule has 1 rings (SSSR count). The van der Waals surface area contributed by atoms with Gasteiger partial charge in [0.15, 0.2) is 0 Å². The summed E-state index contributed by atoms with van der Waals surface area (Å²) in [5, 5.41) is 0. The van der Waals surface area contributed by atoms with Gasteiger partial charge >= 0.3 is 0 Å². The molecule has 0 fully saturated rings. The molecule has 1 atom stereocenters. The molecule has 1 unspecified atom stereocenters. The molecule has 110 valence electrons. The normalized spacial score (nSPS) is 13.1. The Hall–Kier alpha value is -0.880. The van der Waals surface area contributed by atoms with Crippen molar-refractivity contribution in [1.29, 1.82) is 0 Å². The molecule has 1 heterocycles. The average molecular weight is 270 g/mol. The maximum atomic E-state index is 5.89. The molecule has 1 aromatic rings. The summed E-state index contributed by atoms with van der Waals surface area (Å²) < 4.78 is 16.3. The lowest BCUT2D eigenvalue weighted by atomic mass is 10.2. The van der Waals surface area contributed by atoms with Crippen LogP contribution in [0.1, 0.15) is 25.6 Å². The Morgan fingerprint density at radius 1 is 1.21 bits per heavy atom. The van der Waals surface area contributed by atoms with Crippen molar-refractivity contribution in [2.24, 2.45) is 5.73 Å². The molecule has 0 spiro atoms. The molecule has 1 aromatic heterocycles. The molecule has 0 radical (unpaired) electrons. The number of nitrogens with two attached hydrogens (primary N) is 1. The molecule has 0 aliphatic rings. The average Bonchev–Trinajstić information content (AvgIpc) is 2.93. The molecule has 0 saturated carbocycles. The van der Waals surface area contributed by atoms with Crippen LogP contribution in [0.15, 0.2) is 22.8 Å². The molecule has 0 aromatic carbocycles. The van der Waals surface area contributed by atoms with Crippen LogP contribution < -0.4 is 5.73 Å². The third kappa shape index (κ3) is 5.74. The van der Waals surface area contributed by atoms with E-state index < -0.39 is 0 Å². The highest BCUT2D eigenvalue weighted by molar-refractivity contribution is 5.05. The highest BCUT2D eigenvalue weighted by atomic mass is 16.5. The van der Waals surface area contributed by atoms with Crippen molar-refractivity contribution in [1.82, 2.24) is 4.90 Å². The van der Waals surface area contributed by atoms with Crippen molar-refractivity contribution < 1.29 is 13.9 Å². The lowest BCUT2D eigenvalue weighted by molar-refractivity contribution is 0.0591. The summed E-state index contributed by atoms with van der Waals surface area (Å²) in [6.07, 6.45) is 1.68. The number of ether oxygens (including phenoxy) is 2. The van der Waals surface area contributed by atoms with Crippen molar-refractivity contribution in [2.75, 3.05) is 46.1 Å². The van der Waals surface area contributed by atoms with E-state index in [1.165, 1.54) is 0 Å². The highest BCUT2D eigenvalue weighted by Crippen LogP contribution is 2.19. The van der Waals surface area contributed by atoms with Crippen LogP contribution in [0.4, 0.5) is 0 Å². The summed E-state index contributed by atoms with van der Waals surface area (Å²) in [6, 6.07) is 3.93. The smallest absolute Gasteiger partial charge is 0.122 e. The Balaban J connectivity index is 2.57. The fraction of sp³-hybridized carbons (Fsp3) is 0.714. The van der Waals surface area contributed by atoms with Crippen molar-refractivity contribution in [3.63, 3.8) is 0 Å². The van der Waals surface area contributed by atoms with E-state index in [-0.39, 0.29) is 6.04 Å². The number of furan rings is 1. The zero-order valence-corrected chi connectivity index (χ0v) is 12.0. The van der Waals surface area contributed by atoms with E-state index in [0.717, 1.165) is 32.1 Å². The minimum Gasteiger partial charge on any atom is -0.468 e. The first kappa shape index (κ1) is 16.2. The number of rotatable bonds is 11. The van der Waals surface area contributed by atoms with Crippen LogP contribution >= 0.6 is 0 Å². The van der Waals surface area contributed by atoms with Crippen molar-refractivity contribution in [2.45, 2.75) is 19.9 Å². The zero-order chi connectivity index (χ0) is 13.9. The molecule has 0 amide bonds. The summed E-state index contributed by atoms with van der Waals surface area (Å²) in [5.41, 5.74) is 5.89. The Morgan fingerprint density at radius 3 is 2.26 bits per heavy atom. The van der Waals surface area contributed by atoms with Crippen LogP contribution in [0.3, 0.4) is 0 Å². The van der Waals surface area contributed by atoms with E-state index >= 15 is 0 Å². The molecule has 5 nitrogen and oxygen atoms in total. The molecule has 0 bridgehead atoms. The second-order valence-corrected chi connectivity index (χ2v) is 4.20. The Bertz CT molecular complexity index is 294. The highest BCUT2D eigenvalue weighted by Gasteiger charge is 2.20. The maximum Gasteiger partial charge on any atom is 0.122 e. The molecule has 0 aliphatic heterocycles. The Morgan fingerprint density at radius 2 is 1.84 bits per heavy atom. The predicted molar refractivity (Wildman–Crippen MR) is 75.1 cm³/mol. The molecule has 19 heavy (non-hydrogen) atoms. The molecule has 0 aliphatic carbocycles. The summed E-state index contributed by atoms with van der Waals surface area (Å²) in [5.74, 6) is 0.899. The monoisotopic (exact) mass is 270 g/mol. The van der Waals surface area contributed by atoms with Gasteiger partial charge in [-0.05, 0) is 26.0 Å². The zero-order valence-electron chi connectivity index (χ0n) is 12.0. The predicted octanol–water partition coefficient (Wildman–Crippen LogP) is 1.65. The van der Waals surface area contributed by atoms with E-state index in [2.05, 4.69) is 4.90 Å². The third-order valence-electron chi connectivity index (χ3n) is 2.99. The van der Waals surface area contributed by atoms with E-state index in [4.69, 9.17) is 19.6 Å². The van der Waals surface area contributed by atoms with Crippen LogP contribution in [0.5, 0.6) is 0 Å². The lowest BCUT2D eigenvalue weighted by Gasteiger charge is -2.29. The first-order chi connectivity index (χ1) is 9.33. The summed E-state index contributed by atoms with van der Waals surface area (Å²) in [6.45, 7) is 9.01. The van der Waals surface area contributed by atoms with Gasteiger partial charge in [0, 0.05) is 32.8 Å². The topological polar surface area (TPSA) is 60.9 Å². The van der Waals surface area contributed by atoms with Gasteiger partial charge in [-0.3, -0.25) is 4.90 Å². The van der Waals surface area contributed by atoms with Crippen molar-refractivity contribution >= 4 is 0 Å². The van der Waals surface area contributed by atoms with E-state index in [1.807, 2.05) is 26.0 Å². The first-order valence-corrected chi connectivity index (χ1v) is 6.96. The third-order valence-corrected chi connectivity index (χ3v) is 2.99. The van der Waals surface area contributed by atoms with E-state index in [1.54, 1.807) is 6.26 Å². The van der Waals surface area contributed by atoms with Gasteiger partial charge in [0.1, 0.15) is 5.76 Å². The van der Waals surface area contributed by atoms with Gasteiger partial charge in [-0.15, -0.1) is 0 Å².